The van der Waals surface area contributed by atoms with Gasteiger partial charge in [0.2, 0.25) is 0 Å². The van der Waals surface area contributed by atoms with Crippen LogP contribution in [0.2, 0.25) is 0 Å². The van der Waals surface area contributed by atoms with E-state index < -0.39 is 11.7 Å². The van der Waals surface area contributed by atoms with Crippen LogP contribution >= 0.6 is 0 Å². The summed E-state index contributed by atoms with van der Waals surface area (Å²) in [6.07, 6.45) is 6.70. The molecule has 6 heterocycles. The van der Waals surface area contributed by atoms with Crippen LogP contribution in [0.1, 0.15) is 49.8 Å². The summed E-state index contributed by atoms with van der Waals surface area (Å²) < 4.78 is 43.2. The van der Waals surface area contributed by atoms with Gasteiger partial charge in [-0.25, -0.2) is 9.50 Å². The van der Waals surface area contributed by atoms with E-state index in [1.54, 1.807) is 18.6 Å². The van der Waals surface area contributed by atoms with E-state index in [9.17, 15) is 13.2 Å². The topological polar surface area (TPSA) is 75.0 Å². The molecule has 2 unspecified atom stereocenters. The van der Waals surface area contributed by atoms with Gasteiger partial charge in [0.1, 0.15) is 5.69 Å². The molecule has 1 aromatic carbocycles. The van der Waals surface area contributed by atoms with E-state index in [4.69, 9.17) is 10.1 Å². The number of nitrogens with zero attached hydrogens (tertiary/aromatic N) is 6. The number of halogens is 3. The number of hydrogen-bond donors (Lipinski definition) is 1. The highest BCUT2D eigenvalue weighted by Crippen LogP contribution is 2.45. The maximum atomic E-state index is 13.8. The monoisotopic (exact) mass is 517 g/mol. The smallest absolute Gasteiger partial charge is 0.298 e. The van der Waals surface area contributed by atoms with Gasteiger partial charge in [-0.1, -0.05) is 13.0 Å². The predicted molar refractivity (Wildman–Crippen MR) is 137 cm³/mol. The minimum Gasteiger partial charge on any atom is -0.298 e. The lowest BCUT2D eigenvalue weighted by atomic mass is 9.88. The summed E-state index contributed by atoms with van der Waals surface area (Å²) in [5.41, 5.74) is 3.70. The Morgan fingerprint density at radius 2 is 1.76 bits per heavy atom. The van der Waals surface area contributed by atoms with Gasteiger partial charge in [-0.3, -0.25) is 15.0 Å². The van der Waals surface area contributed by atoms with E-state index in [-0.39, 0.29) is 5.52 Å². The first-order chi connectivity index (χ1) is 18.4. The van der Waals surface area contributed by atoms with E-state index >= 15 is 0 Å². The van der Waals surface area contributed by atoms with Gasteiger partial charge >= 0.3 is 6.18 Å². The minimum atomic E-state index is -4.50. The average Bonchev–Trinajstić information content (AvgIpc) is 3.62. The fourth-order valence-electron chi connectivity index (χ4n) is 6.75. The molecular formula is C28H26F3N7. The Kier molecular flexibility index (Phi) is 5.30. The normalized spacial score (nSPS) is 22.1. The number of pyridine rings is 1. The van der Waals surface area contributed by atoms with E-state index in [1.165, 1.54) is 25.1 Å². The number of rotatable bonds is 4. The second-order valence-corrected chi connectivity index (χ2v) is 10.3. The molecule has 4 aromatic heterocycles. The molecule has 194 valence electrons. The molecule has 2 saturated heterocycles. The van der Waals surface area contributed by atoms with Gasteiger partial charge in [0.05, 0.1) is 22.8 Å². The number of nitrogens with one attached hydrogen (secondary N) is 1. The SMILES string of the molecule is CCN1C2CCC1CC(c1ccnc3c(-c4ccc(C(F)(F)F)c5[nH]ncc45)c(-c4ccncc4)nn13)C2. The van der Waals surface area contributed by atoms with Crippen LogP contribution in [0.5, 0.6) is 0 Å². The molecule has 0 saturated carbocycles. The molecule has 0 radical (unpaired) electrons. The zero-order chi connectivity index (χ0) is 26.0. The third-order valence-corrected chi connectivity index (χ3v) is 8.36. The molecule has 7 rings (SSSR count). The summed E-state index contributed by atoms with van der Waals surface area (Å²) in [6, 6.07) is 9.54. The Labute approximate surface area is 216 Å². The van der Waals surface area contributed by atoms with Gasteiger partial charge in [0.15, 0.2) is 5.65 Å². The number of aromatic nitrogens is 6. The molecule has 2 aliphatic heterocycles. The summed E-state index contributed by atoms with van der Waals surface area (Å²) in [6.45, 7) is 3.30. The molecule has 5 aromatic rings. The molecule has 7 nitrogen and oxygen atoms in total. The van der Waals surface area contributed by atoms with Gasteiger partial charge in [-0.15, -0.1) is 0 Å². The van der Waals surface area contributed by atoms with Crippen LogP contribution < -0.4 is 0 Å². The number of hydrogen-bond acceptors (Lipinski definition) is 5. The van der Waals surface area contributed by atoms with Crippen molar-refractivity contribution in [2.45, 2.75) is 56.8 Å². The van der Waals surface area contributed by atoms with Crippen LogP contribution in [0.15, 0.2) is 55.1 Å². The molecule has 1 N–H and O–H groups in total. The van der Waals surface area contributed by atoms with Crippen molar-refractivity contribution < 1.29 is 13.2 Å². The number of H-pyrrole nitrogens is 1. The number of aromatic amines is 1. The van der Waals surface area contributed by atoms with Crippen molar-refractivity contribution in [2.24, 2.45) is 0 Å². The number of benzene rings is 1. The lowest BCUT2D eigenvalue weighted by Gasteiger charge is -2.38. The first kappa shape index (κ1) is 23.3. The molecule has 0 amide bonds. The quantitative estimate of drug-likeness (QED) is 0.313. The van der Waals surface area contributed by atoms with Crippen LogP contribution in [0, 0.1) is 0 Å². The summed E-state index contributed by atoms with van der Waals surface area (Å²) in [5, 5.41) is 12.0. The van der Waals surface area contributed by atoms with E-state index in [1.807, 2.05) is 22.7 Å². The molecule has 2 bridgehead atoms. The molecule has 10 heteroatoms. The van der Waals surface area contributed by atoms with Crippen molar-refractivity contribution in [1.82, 2.24) is 34.7 Å². The van der Waals surface area contributed by atoms with Crippen molar-refractivity contribution in [1.29, 1.82) is 0 Å². The molecular weight excluding hydrogens is 491 g/mol. The van der Waals surface area contributed by atoms with Crippen molar-refractivity contribution >= 4 is 16.6 Å². The lowest BCUT2D eigenvalue weighted by molar-refractivity contribution is -0.136. The summed E-state index contributed by atoms with van der Waals surface area (Å²) in [4.78, 5) is 11.5. The van der Waals surface area contributed by atoms with Gasteiger partial charge < -0.3 is 0 Å². The third-order valence-electron chi connectivity index (χ3n) is 8.36. The summed E-state index contributed by atoms with van der Waals surface area (Å²) in [7, 11) is 0. The van der Waals surface area contributed by atoms with E-state index in [2.05, 4.69) is 27.0 Å². The average molecular weight is 518 g/mol. The van der Waals surface area contributed by atoms with Gasteiger partial charge in [0.25, 0.3) is 0 Å². The van der Waals surface area contributed by atoms with E-state index in [0.717, 1.165) is 36.7 Å². The van der Waals surface area contributed by atoms with Gasteiger partial charge in [0, 0.05) is 53.2 Å². The zero-order valence-electron chi connectivity index (χ0n) is 20.8. The summed E-state index contributed by atoms with van der Waals surface area (Å²) in [5.74, 6) is 0.334. The highest BCUT2D eigenvalue weighted by atomic mass is 19.4. The van der Waals surface area contributed by atoms with Crippen LogP contribution in [0.25, 0.3) is 38.9 Å². The van der Waals surface area contributed by atoms with Crippen molar-refractivity contribution in [3.05, 3.63) is 66.4 Å². The molecule has 0 aliphatic carbocycles. The largest absolute Gasteiger partial charge is 0.418 e. The highest BCUT2D eigenvalue weighted by molar-refractivity contribution is 6.03. The first-order valence-electron chi connectivity index (χ1n) is 13.0. The lowest BCUT2D eigenvalue weighted by Crippen LogP contribution is -2.42. The Morgan fingerprint density at radius 3 is 2.47 bits per heavy atom. The molecule has 38 heavy (non-hydrogen) atoms. The van der Waals surface area contributed by atoms with Crippen LogP contribution in [0.4, 0.5) is 13.2 Å². The van der Waals surface area contributed by atoms with Crippen LogP contribution in [0.3, 0.4) is 0 Å². The van der Waals surface area contributed by atoms with Crippen LogP contribution in [-0.2, 0) is 6.18 Å². The highest BCUT2D eigenvalue weighted by Gasteiger charge is 2.41. The summed E-state index contributed by atoms with van der Waals surface area (Å²) >= 11 is 0. The van der Waals surface area contributed by atoms with E-state index in [0.29, 0.717) is 45.9 Å². The second kappa shape index (κ2) is 8.62. The second-order valence-electron chi connectivity index (χ2n) is 10.3. The van der Waals surface area contributed by atoms with Crippen molar-refractivity contribution in [3.63, 3.8) is 0 Å². The molecule has 0 spiro atoms. The fraction of sp³-hybridized carbons (Fsp3) is 0.357. The Bertz CT molecular complexity index is 1630. The zero-order valence-corrected chi connectivity index (χ0v) is 20.8. The standard InChI is InChI=1S/C28H26F3N7/c1-2-37-18-3-4-19(37)14-17(13-18)23-9-12-33-27-24(25(36-38(23)27)16-7-10-32-11-8-16)20-5-6-22(28(29,30)31)26-21(20)15-34-35-26/h5-12,15,17-19H,2-4,13-14H2,1H3,(H,34,35). The minimum absolute atomic E-state index is 0.0466. The molecule has 2 atom stereocenters. The van der Waals surface area contributed by atoms with Gasteiger partial charge in [-0.2, -0.15) is 23.4 Å². The number of fused-ring (bicyclic) bond motifs is 4. The number of piperidine rings is 1. The molecule has 2 aliphatic rings. The van der Waals surface area contributed by atoms with Gasteiger partial charge in [-0.05, 0) is 62.1 Å². The van der Waals surface area contributed by atoms with Crippen molar-refractivity contribution in [3.8, 4) is 22.4 Å². The third kappa shape index (κ3) is 3.53. The van der Waals surface area contributed by atoms with Crippen molar-refractivity contribution in [2.75, 3.05) is 6.54 Å². The Hall–Kier alpha value is -3.79. The maximum absolute atomic E-state index is 13.8. The number of alkyl halides is 3. The Balaban J connectivity index is 1.45. The predicted octanol–water partition coefficient (Wildman–Crippen LogP) is 6.08. The first-order valence-corrected chi connectivity index (χ1v) is 13.0. The molecule has 2 fully saturated rings. The van der Waals surface area contributed by atoms with Crippen LogP contribution in [-0.4, -0.2) is 53.3 Å². The fourth-order valence-corrected chi connectivity index (χ4v) is 6.75. The maximum Gasteiger partial charge on any atom is 0.418 e. The Morgan fingerprint density at radius 1 is 1.00 bits per heavy atom.